The van der Waals surface area contributed by atoms with Crippen molar-refractivity contribution in [2.75, 3.05) is 23.8 Å². The number of hydrogen-bond donors (Lipinski definition) is 1. The molecule has 10 heteroatoms. The summed E-state index contributed by atoms with van der Waals surface area (Å²) in [5.41, 5.74) is -0.236. The molecule has 0 heterocycles. The number of amides is 1. The SMILES string of the molecule is COc1ccccc1N(C)S(=O)(=O)c1ccc(C(=O)Nc2cc(F)c(F)cc2F)cc1. The van der Waals surface area contributed by atoms with Gasteiger partial charge in [-0.15, -0.1) is 0 Å². The van der Waals surface area contributed by atoms with E-state index < -0.39 is 39.1 Å². The maximum absolute atomic E-state index is 13.7. The lowest BCUT2D eigenvalue weighted by Crippen LogP contribution is -2.27. The molecule has 31 heavy (non-hydrogen) atoms. The van der Waals surface area contributed by atoms with Gasteiger partial charge in [0.25, 0.3) is 15.9 Å². The van der Waals surface area contributed by atoms with E-state index in [0.29, 0.717) is 23.6 Å². The molecular weight excluding hydrogens is 433 g/mol. The molecule has 0 unspecified atom stereocenters. The number of para-hydroxylation sites is 2. The lowest BCUT2D eigenvalue weighted by atomic mass is 10.2. The third-order valence-corrected chi connectivity index (χ3v) is 6.24. The van der Waals surface area contributed by atoms with Crippen molar-refractivity contribution >= 4 is 27.3 Å². The molecule has 0 aliphatic heterocycles. The van der Waals surface area contributed by atoms with Gasteiger partial charge in [-0.3, -0.25) is 9.10 Å². The van der Waals surface area contributed by atoms with E-state index in [0.717, 1.165) is 4.31 Å². The van der Waals surface area contributed by atoms with E-state index in [1.165, 1.54) is 38.4 Å². The molecule has 0 aromatic heterocycles. The first-order chi connectivity index (χ1) is 14.6. The standard InChI is InChI=1S/C21H17F3N2O4S/c1-26(19-5-3-4-6-20(19)30-2)31(28,29)14-9-7-13(8-10-14)21(27)25-18-12-16(23)15(22)11-17(18)24/h3-12H,1-2H3,(H,25,27). The second kappa shape index (κ2) is 8.68. The summed E-state index contributed by atoms with van der Waals surface area (Å²) in [4.78, 5) is 12.2. The van der Waals surface area contributed by atoms with Crippen LogP contribution in [0.2, 0.25) is 0 Å². The summed E-state index contributed by atoms with van der Waals surface area (Å²) >= 11 is 0. The maximum Gasteiger partial charge on any atom is 0.264 e. The van der Waals surface area contributed by atoms with Crippen molar-refractivity contribution in [2.24, 2.45) is 0 Å². The number of nitrogens with zero attached hydrogens (tertiary/aromatic N) is 1. The van der Waals surface area contributed by atoms with Gasteiger partial charge in [-0.1, -0.05) is 12.1 Å². The first-order valence-electron chi connectivity index (χ1n) is 8.83. The topological polar surface area (TPSA) is 75.7 Å². The van der Waals surface area contributed by atoms with Crippen molar-refractivity contribution in [2.45, 2.75) is 4.90 Å². The van der Waals surface area contributed by atoms with Gasteiger partial charge >= 0.3 is 0 Å². The van der Waals surface area contributed by atoms with E-state index in [4.69, 9.17) is 4.74 Å². The Kier molecular flexibility index (Phi) is 6.21. The van der Waals surface area contributed by atoms with E-state index >= 15 is 0 Å². The van der Waals surface area contributed by atoms with Crippen LogP contribution in [0.15, 0.2) is 65.6 Å². The largest absolute Gasteiger partial charge is 0.495 e. The highest BCUT2D eigenvalue weighted by Crippen LogP contribution is 2.31. The Morgan fingerprint density at radius 3 is 2.19 bits per heavy atom. The maximum atomic E-state index is 13.7. The Labute approximate surface area is 176 Å². The molecule has 1 amide bonds. The van der Waals surface area contributed by atoms with Gasteiger partial charge in [-0.05, 0) is 36.4 Å². The quantitative estimate of drug-likeness (QED) is 0.572. The van der Waals surface area contributed by atoms with Crippen LogP contribution in [-0.2, 0) is 10.0 Å². The highest BCUT2D eigenvalue weighted by atomic mass is 32.2. The number of hydrogen-bond acceptors (Lipinski definition) is 4. The molecule has 0 aliphatic carbocycles. The Morgan fingerprint density at radius 1 is 0.935 bits per heavy atom. The molecule has 0 radical (unpaired) electrons. The zero-order chi connectivity index (χ0) is 22.8. The van der Waals surface area contributed by atoms with Gasteiger partial charge in [-0.25, -0.2) is 21.6 Å². The molecule has 3 aromatic carbocycles. The zero-order valence-corrected chi connectivity index (χ0v) is 17.2. The third kappa shape index (κ3) is 4.48. The number of ether oxygens (including phenoxy) is 1. The van der Waals surface area contributed by atoms with Gasteiger partial charge in [0.2, 0.25) is 0 Å². The summed E-state index contributed by atoms with van der Waals surface area (Å²) < 4.78 is 72.1. The minimum Gasteiger partial charge on any atom is -0.495 e. The molecular formula is C21H17F3N2O4S. The first-order valence-corrected chi connectivity index (χ1v) is 10.3. The van der Waals surface area contributed by atoms with Crippen LogP contribution in [0, 0.1) is 17.5 Å². The van der Waals surface area contributed by atoms with E-state index in [1.54, 1.807) is 24.3 Å². The molecule has 6 nitrogen and oxygen atoms in total. The summed E-state index contributed by atoms with van der Waals surface area (Å²) in [7, 11) is -1.19. The number of carbonyl (C=O) groups excluding carboxylic acids is 1. The van der Waals surface area contributed by atoms with Crippen molar-refractivity contribution in [1.82, 2.24) is 0 Å². The Bertz CT molecular complexity index is 1230. The number of benzene rings is 3. The lowest BCUT2D eigenvalue weighted by Gasteiger charge is -2.21. The van der Waals surface area contributed by atoms with Crippen molar-refractivity contribution in [3.05, 3.63) is 83.7 Å². The number of sulfonamides is 1. The number of halogens is 3. The summed E-state index contributed by atoms with van der Waals surface area (Å²) in [5.74, 6) is -4.32. The fourth-order valence-corrected chi connectivity index (χ4v) is 3.97. The normalized spacial score (nSPS) is 11.1. The minimum atomic E-state index is -3.97. The van der Waals surface area contributed by atoms with Crippen molar-refractivity contribution in [3.63, 3.8) is 0 Å². The predicted octanol–water partition coefficient (Wildman–Crippen LogP) is 4.19. The van der Waals surface area contributed by atoms with Crippen molar-refractivity contribution in [3.8, 4) is 5.75 Å². The van der Waals surface area contributed by atoms with Gasteiger partial charge in [0.05, 0.1) is 23.4 Å². The van der Waals surface area contributed by atoms with E-state index in [2.05, 4.69) is 5.32 Å². The summed E-state index contributed by atoms with van der Waals surface area (Å²) in [6, 6.07) is 12.2. The molecule has 0 bridgehead atoms. The van der Waals surface area contributed by atoms with Crippen molar-refractivity contribution < 1.29 is 31.1 Å². The number of anilines is 2. The van der Waals surface area contributed by atoms with Crippen LogP contribution in [0.1, 0.15) is 10.4 Å². The average molecular weight is 450 g/mol. The molecule has 0 saturated heterocycles. The number of rotatable bonds is 6. The molecule has 0 atom stereocenters. The predicted molar refractivity (Wildman–Crippen MR) is 109 cm³/mol. The fraction of sp³-hybridized carbons (Fsp3) is 0.0952. The average Bonchev–Trinajstić information content (AvgIpc) is 2.76. The monoisotopic (exact) mass is 450 g/mol. The third-order valence-electron chi connectivity index (χ3n) is 4.46. The van der Waals surface area contributed by atoms with E-state index in [1.807, 2.05) is 0 Å². The lowest BCUT2D eigenvalue weighted by molar-refractivity contribution is 0.102. The summed E-state index contributed by atoms with van der Waals surface area (Å²) in [6.07, 6.45) is 0. The van der Waals surface area contributed by atoms with Crippen molar-refractivity contribution in [1.29, 1.82) is 0 Å². The van der Waals surface area contributed by atoms with Crippen LogP contribution < -0.4 is 14.4 Å². The van der Waals surface area contributed by atoms with E-state index in [9.17, 15) is 26.4 Å². The summed E-state index contributed by atoms with van der Waals surface area (Å²) in [5, 5.41) is 2.12. The van der Waals surface area contributed by atoms with Gasteiger partial charge in [0.1, 0.15) is 11.6 Å². The van der Waals surface area contributed by atoms with Gasteiger partial charge < -0.3 is 10.1 Å². The van der Waals surface area contributed by atoms with Gasteiger partial charge in [0.15, 0.2) is 11.6 Å². The highest BCUT2D eigenvalue weighted by molar-refractivity contribution is 7.92. The Morgan fingerprint density at radius 2 is 1.55 bits per heavy atom. The van der Waals surface area contributed by atoms with Crippen LogP contribution in [0.4, 0.5) is 24.5 Å². The molecule has 162 valence electrons. The van der Waals surface area contributed by atoms with Gasteiger partial charge in [0, 0.05) is 24.7 Å². The molecule has 0 aliphatic rings. The van der Waals surface area contributed by atoms with Crippen LogP contribution in [-0.4, -0.2) is 28.5 Å². The number of methoxy groups -OCH3 is 1. The second-order valence-electron chi connectivity index (χ2n) is 6.37. The molecule has 0 saturated carbocycles. The van der Waals surface area contributed by atoms with Crippen LogP contribution in [0.3, 0.4) is 0 Å². The molecule has 3 rings (SSSR count). The molecule has 3 aromatic rings. The molecule has 0 fully saturated rings. The number of nitrogens with one attached hydrogen (secondary N) is 1. The molecule has 1 N–H and O–H groups in total. The summed E-state index contributed by atoms with van der Waals surface area (Å²) in [6.45, 7) is 0. The zero-order valence-electron chi connectivity index (χ0n) is 16.4. The Balaban J connectivity index is 1.83. The number of carbonyl (C=O) groups is 1. The van der Waals surface area contributed by atoms with Gasteiger partial charge in [-0.2, -0.15) is 0 Å². The highest BCUT2D eigenvalue weighted by Gasteiger charge is 2.24. The second-order valence-corrected chi connectivity index (χ2v) is 8.34. The van der Waals surface area contributed by atoms with Crippen LogP contribution in [0.25, 0.3) is 0 Å². The smallest absolute Gasteiger partial charge is 0.264 e. The molecule has 0 spiro atoms. The van der Waals surface area contributed by atoms with Crippen LogP contribution >= 0.6 is 0 Å². The minimum absolute atomic E-state index is 0.0111. The fourth-order valence-electron chi connectivity index (χ4n) is 2.77. The van der Waals surface area contributed by atoms with E-state index in [-0.39, 0.29) is 10.5 Å². The van der Waals surface area contributed by atoms with Crippen LogP contribution in [0.5, 0.6) is 5.75 Å². The first kappa shape index (κ1) is 22.2. The Hall–Kier alpha value is -3.53.